The Morgan fingerprint density at radius 3 is 2.56 bits per heavy atom. The van der Waals surface area contributed by atoms with E-state index in [9.17, 15) is 4.79 Å². The number of benzene rings is 1. The first-order valence-corrected chi connectivity index (χ1v) is 5.86. The molecule has 1 aromatic rings. The molecule has 0 amide bonds. The van der Waals surface area contributed by atoms with E-state index in [1.807, 2.05) is 13.0 Å². The van der Waals surface area contributed by atoms with E-state index in [0.717, 1.165) is 10.0 Å². The zero-order valence-electron chi connectivity index (χ0n) is 9.67. The maximum absolute atomic E-state index is 11.1. The van der Waals surface area contributed by atoms with Gasteiger partial charge in [0, 0.05) is 18.1 Å². The maximum atomic E-state index is 11.1. The second-order valence-corrected chi connectivity index (χ2v) is 4.26. The highest BCUT2D eigenvalue weighted by Gasteiger charge is 2.11. The van der Waals surface area contributed by atoms with Gasteiger partial charge in [0.05, 0.1) is 18.2 Å². The van der Waals surface area contributed by atoms with Crippen LogP contribution in [0.1, 0.15) is 19.4 Å². The molecule has 1 rings (SSSR count). The fraction of sp³-hybridized carbons (Fsp3) is 0.417. The summed E-state index contributed by atoms with van der Waals surface area (Å²) in [5.41, 5.74) is 0.877. The predicted octanol–water partition coefficient (Wildman–Crippen LogP) is 2.99. The highest BCUT2D eigenvalue weighted by molar-refractivity contribution is 9.10. The fourth-order valence-electron chi connectivity index (χ4n) is 1.43. The van der Waals surface area contributed by atoms with E-state index >= 15 is 0 Å². The second-order valence-electron chi connectivity index (χ2n) is 3.41. The van der Waals surface area contributed by atoms with Crippen LogP contribution in [0.4, 0.5) is 0 Å². The summed E-state index contributed by atoms with van der Waals surface area (Å²) in [6, 6.07) is 3.66. The smallest absolute Gasteiger partial charge is 0.136 e. The molecule has 0 bridgehead atoms. The van der Waals surface area contributed by atoms with Crippen LogP contribution in [0.15, 0.2) is 16.6 Å². The standard InChI is InChI=1S/C12H15BrO3/c1-4-16-11-7-12(15-3)10(13)6-9(11)5-8(2)14/h6-7H,4-5H2,1-3H3. The third kappa shape index (κ3) is 3.23. The maximum Gasteiger partial charge on any atom is 0.136 e. The van der Waals surface area contributed by atoms with Gasteiger partial charge in [-0.1, -0.05) is 0 Å². The van der Waals surface area contributed by atoms with Crippen LogP contribution in [-0.2, 0) is 11.2 Å². The monoisotopic (exact) mass is 286 g/mol. The van der Waals surface area contributed by atoms with Crippen molar-refractivity contribution in [3.8, 4) is 11.5 Å². The molecule has 0 aromatic heterocycles. The molecule has 0 fully saturated rings. The summed E-state index contributed by atoms with van der Waals surface area (Å²) in [7, 11) is 1.60. The first kappa shape index (κ1) is 13.0. The number of ketones is 1. The van der Waals surface area contributed by atoms with E-state index in [0.29, 0.717) is 24.5 Å². The molecule has 1 aromatic carbocycles. The van der Waals surface area contributed by atoms with Gasteiger partial charge in [0.15, 0.2) is 0 Å². The number of hydrogen-bond donors (Lipinski definition) is 0. The number of carbonyl (C=O) groups is 1. The van der Waals surface area contributed by atoms with Gasteiger partial charge < -0.3 is 9.47 Å². The Kier molecular flexibility index (Phi) is 4.80. The van der Waals surface area contributed by atoms with Crippen molar-refractivity contribution in [2.75, 3.05) is 13.7 Å². The lowest BCUT2D eigenvalue weighted by molar-refractivity contribution is -0.116. The van der Waals surface area contributed by atoms with Crippen molar-refractivity contribution in [2.24, 2.45) is 0 Å². The zero-order valence-corrected chi connectivity index (χ0v) is 11.3. The third-order valence-electron chi connectivity index (χ3n) is 2.07. The third-order valence-corrected chi connectivity index (χ3v) is 2.69. The lowest BCUT2D eigenvalue weighted by Crippen LogP contribution is -2.02. The number of rotatable bonds is 5. The number of carbonyl (C=O) groups excluding carboxylic acids is 1. The average Bonchev–Trinajstić information content (AvgIpc) is 2.21. The molecule has 16 heavy (non-hydrogen) atoms. The van der Waals surface area contributed by atoms with Gasteiger partial charge in [0.25, 0.3) is 0 Å². The minimum absolute atomic E-state index is 0.109. The van der Waals surface area contributed by atoms with E-state index in [1.54, 1.807) is 20.1 Å². The molecule has 0 aliphatic rings. The van der Waals surface area contributed by atoms with Crippen LogP contribution < -0.4 is 9.47 Å². The normalized spacial score (nSPS) is 10.0. The van der Waals surface area contributed by atoms with Gasteiger partial charge in [-0.25, -0.2) is 0 Å². The zero-order chi connectivity index (χ0) is 12.1. The van der Waals surface area contributed by atoms with E-state index in [-0.39, 0.29) is 5.78 Å². The van der Waals surface area contributed by atoms with Crippen molar-refractivity contribution in [1.82, 2.24) is 0 Å². The fourth-order valence-corrected chi connectivity index (χ4v) is 1.98. The van der Waals surface area contributed by atoms with Gasteiger partial charge in [-0.05, 0) is 35.8 Å². The molecule has 0 atom stereocenters. The molecule has 0 unspecified atom stereocenters. The summed E-state index contributed by atoms with van der Waals surface area (Å²) >= 11 is 3.39. The summed E-state index contributed by atoms with van der Waals surface area (Å²) in [5.74, 6) is 1.52. The Bertz CT molecular complexity index is 388. The quantitative estimate of drug-likeness (QED) is 0.835. The SMILES string of the molecule is CCOc1cc(OC)c(Br)cc1CC(C)=O. The van der Waals surface area contributed by atoms with Crippen LogP contribution in [0.3, 0.4) is 0 Å². The number of Topliss-reactive ketones (excluding diaryl/α,β-unsaturated/α-hetero) is 1. The highest BCUT2D eigenvalue weighted by Crippen LogP contribution is 2.33. The van der Waals surface area contributed by atoms with Crippen molar-refractivity contribution >= 4 is 21.7 Å². The van der Waals surface area contributed by atoms with Crippen LogP contribution >= 0.6 is 15.9 Å². The molecule has 0 saturated heterocycles. The molecule has 4 heteroatoms. The van der Waals surface area contributed by atoms with Gasteiger partial charge in [0.2, 0.25) is 0 Å². The average molecular weight is 287 g/mol. The summed E-state index contributed by atoms with van der Waals surface area (Å²) in [6.07, 6.45) is 0.373. The Labute approximate surface area is 104 Å². The predicted molar refractivity (Wildman–Crippen MR) is 66.2 cm³/mol. The van der Waals surface area contributed by atoms with Crippen LogP contribution in [0.25, 0.3) is 0 Å². The van der Waals surface area contributed by atoms with Crippen LogP contribution in [0, 0.1) is 0 Å². The lowest BCUT2D eigenvalue weighted by atomic mass is 10.1. The number of halogens is 1. The van der Waals surface area contributed by atoms with Crippen LogP contribution in [0.5, 0.6) is 11.5 Å². The molecule has 3 nitrogen and oxygen atoms in total. The Balaban J connectivity index is 3.13. The Morgan fingerprint density at radius 2 is 2.06 bits per heavy atom. The minimum atomic E-state index is 0.109. The Hall–Kier alpha value is -1.03. The number of hydrogen-bond acceptors (Lipinski definition) is 3. The van der Waals surface area contributed by atoms with Crippen molar-refractivity contribution in [2.45, 2.75) is 20.3 Å². The molecule has 0 saturated carbocycles. The van der Waals surface area contributed by atoms with E-state index in [4.69, 9.17) is 9.47 Å². The van der Waals surface area contributed by atoms with Gasteiger partial charge in [-0.2, -0.15) is 0 Å². The summed E-state index contributed by atoms with van der Waals surface area (Å²) in [4.78, 5) is 11.1. The van der Waals surface area contributed by atoms with Crippen molar-refractivity contribution < 1.29 is 14.3 Å². The highest BCUT2D eigenvalue weighted by atomic mass is 79.9. The van der Waals surface area contributed by atoms with Gasteiger partial charge in [-0.3, -0.25) is 4.79 Å². The molecule has 0 heterocycles. The molecule has 88 valence electrons. The van der Waals surface area contributed by atoms with E-state index in [1.165, 1.54) is 0 Å². The first-order chi connectivity index (χ1) is 7.58. The molecule has 0 N–H and O–H groups in total. The van der Waals surface area contributed by atoms with Gasteiger partial charge in [-0.15, -0.1) is 0 Å². The van der Waals surface area contributed by atoms with Gasteiger partial charge >= 0.3 is 0 Å². The van der Waals surface area contributed by atoms with Gasteiger partial charge in [0.1, 0.15) is 17.3 Å². The molecular weight excluding hydrogens is 272 g/mol. The summed E-state index contributed by atoms with van der Waals surface area (Å²) in [5, 5.41) is 0. The molecule has 0 spiro atoms. The van der Waals surface area contributed by atoms with Crippen LogP contribution in [0.2, 0.25) is 0 Å². The molecule has 0 aliphatic carbocycles. The largest absolute Gasteiger partial charge is 0.495 e. The first-order valence-electron chi connectivity index (χ1n) is 5.07. The topological polar surface area (TPSA) is 35.5 Å². The summed E-state index contributed by atoms with van der Waals surface area (Å²) in [6.45, 7) is 4.04. The molecular formula is C12H15BrO3. The Morgan fingerprint density at radius 1 is 1.38 bits per heavy atom. The lowest BCUT2D eigenvalue weighted by Gasteiger charge is -2.12. The van der Waals surface area contributed by atoms with E-state index < -0.39 is 0 Å². The summed E-state index contributed by atoms with van der Waals surface area (Å²) < 4.78 is 11.5. The molecule has 0 radical (unpaired) electrons. The van der Waals surface area contributed by atoms with Crippen LogP contribution in [-0.4, -0.2) is 19.5 Å². The van der Waals surface area contributed by atoms with Crippen molar-refractivity contribution in [3.63, 3.8) is 0 Å². The minimum Gasteiger partial charge on any atom is -0.495 e. The second kappa shape index (κ2) is 5.89. The number of methoxy groups -OCH3 is 1. The van der Waals surface area contributed by atoms with E-state index in [2.05, 4.69) is 15.9 Å². The van der Waals surface area contributed by atoms with Crippen molar-refractivity contribution in [1.29, 1.82) is 0 Å². The van der Waals surface area contributed by atoms with Crippen molar-refractivity contribution in [3.05, 3.63) is 22.2 Å². The molecule has 0 aliphatic heterocycles. The number of ether oxygens (including phenoxy) is 2.